The summed E-state index contributed by atoms with van der Waals surface area (Å²) in [4.78, 5) is 17.9. The van der Waals surface area contributed by atoms with Crippen molar-refractivity contribution in [3.05, 3.63) is 53.7 Å². The molecule has 0 saturated carbocycles. The molecular formula is C19H25N3O. The zero-order valence-corrected chi connectivity index (χ0v) is 13.7. The van der Waals surface area contributed by atoms with Crippen molar-refractivity contribution in [1.29, 1.82) is 0 Å². The van der Waals surface area contributed by atoms with Gasteiger partial charge in [-0.15, -0.1) is 0 Å². The third kappa shape index (κ3) is 4.02. The summed E-state index contributed by atoms with van der Waals surface area (Å²) >= 11 is 0. The topological polar surface area (TPSA) is 48.1 Å². The number of aromatic nitrogens is 1. The number of piperidine rings is 1. The molecule has 0 atom stereocenters. The summed E-state index contributed by atoms with van der Waals surface area (Å²) in [6, 6.07) is 11.4. The average Bonchev–Trinajstić information content (AvgIpc) is 3.05. The van der Waals surface area contributed by atoms with E-state index in [9.17, 15) is 4.79 Å². The minimum atomic E-state index is -0.0724. The lowest BCUT2D eigenvalue weighted by Gasteiger charge is -2.31. The molecule has 1 saturated heterocycles. The quantitative estimate of drug-likeness (QED) is 0.881. The highest BCUT2D eigenvalue weighted by Gasteiger charge is 2.21. The largest absolute Gasteiger partial charge is 0.348 e. The Balaban J connectivity index is 1.57. The molecule has 23 heavy (non-hydrogen) atoms. The number of nitrogens with one attached hydrogen (secondary N) is 2. The van der Waals surface area contributed by atoms with E-state index >= 15 is 0 Å². The van der Waals surface area contributed by atoms with Crippen LogP contribution < -0.4 is 5.32 Å². The van der Waals surface area contributed by atoms with E-state index in [0.717, 1.165) is 5.82 Å². The molecule has 0 aliphatic carbocycles. The van der Waals surface area contributed by atoms with Crippen LogP contribution in [0.15, 0.2) is 42.6 Å². The summed E-state index contributed by atoms with van der Waals surface area (Å²) < 4.78 is 0. The van der Waals surface area contributed by atoms with E-state index in [1.54, 1.807) is 0 Å². The Labute approximate surface area is 137 Å². The normalized spacial score (nSPS) is 16.4. The number of likely N-dealkylation sites (tertiary alicyclic amines) is 1. The minimum absolute atomic E-state index is 0.0724. The Morgan fingerprint density at radius 2 is 2.00 bits per heavy atom. The van der Waals surface area contributed by atoms with Crippen molar-refractivity contribution in [2.75, 3.05) is 25.0 Å². The molecule has 0 spiro atoms. The highest BCUT2D eigenvalue weighted by molar-refractivity contribution is 6.03. The van der Waals surface area contributed by atoms with Crippen LogP contribution in [0.5, 0.6) is 0 Å². The van der Waals surface area contributed by atoms with Crippen LogP contribution in [-0.2, 0) is 0 Å². The van der Waals surface area contributed by atoms with Gasteiger partial charge in [0.2, 0.25) is 0 Å². The number of aromatic amines is 1. The average molecular weight is 311 g/mol. The number of rotatable bonds is 5. The van der Waals surface area contributed by atoms with Crippen LogP contribution in [-0.4, -0.2) is 35.4 Å². The van der Waals surface area contributed by atoms with Gasteiger partial charge in [0.05, 0.1) is 0 Å². The number of carbonyl (C=O) groups is 1. The van der Waals surface area contributed by atoms with Crippen molar-refractivity contribution >= 4 is 11.7 Å². The third-order valence-electron chi connectivity index (χ3n) is 4.59. The van der Waals surface area contributed by atoms with Crippen molar-refractivity contribution in [1.82, 2.24) is 9.88 Å². The molecule has 1 aromatic heterocycles. The van der Waals surface area contributed by atoms with Gasteiger partial charge in [0, 0.05) is 11.8 Å². The molecule has 1 aromatic carbocycles. The van der Waals surface area contributed by atoms with Gasteiger partial charge in [-0.1, -0.05) is 25.1 Å². The maximum absolute atomic E-state index is 12.2. The van der Waals surface area contributed by atoms with Gasteiger partial charge < -0.3 is 15.2 Å². The molecule has 0 radical (unpaired) electrons. The molecule has 2 aromatic rings. The molecule has 2 N–H and O–H groups in total. The second-order valence-corrected chi connectivity index (χ2v) is 6.28. The number of H-pyrrole nitrogens is 1. The molecule has 4 heteroatoms. The molecule has 3 rings (SSSR count). The zero-order chi connectivity index (χ0) is 16.1. The summed E-state index contributed by atoms with van der Waals surface area (Å²) in [6.45, 7) is 5.79. The van der Waals surface area contributed by atoms with E-state index in [2.05, 4.69) is 28.2 Å². The van der Waals surface area contributed by atoms with Crippen LogP contribution in [0.3, 0.4) is 0 Å². The van der Waals surface area contributed by atoms with Crippen LogP contribution in [0.2, 0.25) is 0 Å². The van der Waals surface area contributed by atoms with Gasteiger partial charge in [-0.3, -0.25) is 4.79 Å². The van der Waals surface area contributed by atoms with Gasteiger partial charge in [0.1, 0.15) is 5.82 Å². The second-order valence-electron chi connectivity index (χ2n) is 6.28. The molecule has 0 bridgehead atoms. The Morgan fingerprint density at radius 1 is 1.26 bits per heavy atom. The first-order valence-electron chi connectivity index (χ1n) is 8.53. The second kappa shape index (κ2) is 7.47. The molecular weight excluding hydrogens is 286 g/mol. The Morgan fingerprint density at radius 3 is 2.70 bits per heavy atom. The lowest BCUT2D eigenvalue weighted by atomic mass is 9.91. The lowest BCUT2D eigenvalue weighted by molar-refractivity contribution is 0.102. The Hall–Kier alpha value is -2.07. The van der Waals surface area contributed by atoms with Crippen LogP contribution in [0, 0.1) is 0 Å². The number of carbonyl (C=O) groups excluding carboxylic acids is 1. The number of anilines is 1. The van der Waals surface area contributed by atoms with Gasteiger partial charge in [0.25, 0.3) is 5.91 Å². The highest BCUT2D eigenvalue weighted by atomic mass is 16.1. The van der Waals surface area contributed by atoms with E-state index < -0.39 is 0 Å². The van der Waals surface area contributed by atoms with Crippen molar-refractivity contribution < 1.29 is 4.79 Å². The maximum atomic E-state index is 12.2. The molecule has 4 nitrogen and oxygen atoms in total. The summed E-state index contributed by atoms with van der Waals surface area (Å²) in [5.41, 5.74) is 1.99. The standard InChI is InChI=1S/C19H25N3O/c1-2-10-22-11-8-15(9-12-22)17-13-18(20-14-17)21-19(23)16-6-4-3-5-7-16/h3-7,13-15,20H,2,8-12H2,1H3,(H,21,23). The highest BCUT2D eigenvalue weighted by Crippen LogP contribution is 2.29. The summed E-state index contributed by atoms with van der Waals surface area (Å²) in [6.07, 6.45) is 5.67. The fraction of sp³-hybridized carbons (Fsp3) is 0.421. The SMILES string of the molecule is CCCN1CCC(c2c[nH]c(NC(=O)c3ccccc3)c2)CC1. The van der Waals surface area contributed by atoms with E-state index in [0.29, 0.717) is 11.5 Å². The maximum Gasteiger partial charge on any atom is 0.256 e. The summed E-state index contributed by atoms with van der Waals surface area (Å²) in [5.74, 6) is 1.31. The van der Waals surface area contributed by atoms with Crippen molar-refractivity contribution in [3.63, 3.8) is 0 Å². The van der Waals surface area contributed by atoms with Crippen molar-refractivity contribution in [2.24, 2.45) is 0 Å². The van der Waals surface area contributed by atoms with E-state index in [1.165, 1.54) is 44.5 Å². The Kier molecular flexibility index (Phi) is 5.13. The molecule has 1 fully saturated rings. The summed E-state index contributed by atoms with van der Waals surface area (Å²) in [7, 11) is 0. The van der Waals surface area contributed by atoms with Crippen molar-refractivity contribution in [3.8, 4) is 0 Å². The molecule has 1 amide bonds. The van der Waals surface area contributed by atoms with Crippen LogP contribution in [0.1, 0.15) is 48.0 Å². The van der Waals surface area contributed by atoms with E-state index in [4.69, 9.17) is 0 Å². The first-order chi connectivity index (χ1) is 11.3. The first-order valence-corrected chi connectivity index (χ1v) is 8.53. The number of amides is 1. The number of nitrogens with zero attached hydrogens (tertiary/aromatic N) is 1. The fourth-order valence-electron chi connectivity index (χ4n) is 3.31. The van der Waals surface area contributed by atoms with Gasteiger partial charge in [-0.05, 0) is 68.6 Å². The lowest BCUT2D eigenvalue weighted by Crippen LogP contribution is -2.33. The third-order valence-corrected chi connectivity index (χ3v) is 4.59. The smallest absolute Gasteiger partial charge is 0.256 e. The molecule has 1 aliphatic heterocycles. The predicted molar refractivity (Wildman–Crippen MR) is 93.9 cm³/mol. The van der Waals surface area contributed by atoms with Gasteiger partial charge in [-0.2, -0.15) is 0 Å². The number of hydrogen-bond donors (Lipinski definition) is 2. The van der Waals surface area contributed by atoms with E-state index in [-0.39, 0.29) is 5.91 Å². The predicted octanol–water partition coefficient (Wildman–Crippen LogP) is 3.86. The van der Waals surface area contributed by atoms with Crippen LogP contribution >= 0.6 is 0 Å². The van der Waals surface area contributed by atoms with Crippen LogP contribution in [0.4, 0.5) is 5.82 Å². The van der Waals surface area contributed by atoms with Gasteiger partial charge >= 0.3 is 0 Å². The van der Waals surface area contributed by atoms with Gasteiger partial charge in [0.15, 0.2) is 0 Å². The Bertz CT molecular complexity index is 627. The van der Waals surface area contributed by atoms with Crippen LogP contribution in [0.25, 0.3) is 0 Å². The summed E-state index contributed by atoms with van der Waals surface area (Å²) in [5, 5.41) is 2.94. The zero-order valence-electron chi connectivity index (χ0n) is 13.7. The first kappa shape index (κ1) is 15.8. The van der Waals surface area contributed by atoms with E-state index in [1.807, 2.05) is 36.5 Å². The number of benzene rings is 1. The molecule has 2 heterocycles. The number of hydrogen-bond acceptors (Lipinski definition) is 2. The molecule has 122 valence electrons. The molecule has 1 aliphatic rings. The van der Waals surface area contributed by atoms with Crippen molar-refractivity contribution in [2.45, 2.75) is 32.1 Å². The minimum Gasteiger partial charge on any atom is -0.348 e. The fourth-order valence-corrected chi connectivity index (χ4v) is 3.31. The van der Waals surface area contributed by atoms with Gasteiger partial charge in [-0.25, -0.2) is 0 Å². The monoisotopic (exact) mass is 311 g/mol. The molecule has 0 unspecified atom stereocenters.